The van der Waals surface area contributed by atoms with E-state index < -0.39 is 48.3 Å². The predicted molar refractivity (Wildman–Crippen MR) is 148 cm³/mol. The van der Waals surface area contributed by atoms with Crippen molar-refractivity contribution in [2.24, 2.45) is 11.8 Å². The van der Waals surface area contributed by atoms with E-state index in [9.17, 15) is 29.1 Å². The minimum Gasteiger partial charge on any atom is -0.486 e. The van der Waals surface area contributed by atoms with Gasteiger partial charge in [0.25, 0.3) is 0 Å². The number of ether oxygens (including phenoxy) is 1. The van der Waals surface area contributed by atoms with Gasteiger partial charge in [-0.25, -0.2) is 4.79 Å². The zero-order chi connectivity index (χ0) is 29.1. The van der Waals surface area contributed by atoms with E-state index in [0.717, 1.165) is 12.8 Å². The third kappa shape index (κ3) is 9.37. The molecule has 1 aromatic heterocycles. The summed E-state index contributed by atoms with van der Waals surface area (Å²) in [5, 5.41) is 15.3. The van der Waals surface area contributed by atoms with Gasteiger partial charge in [0.2, 0.25) is 11.8 Å². The van der Waals surface area contributed by atoms with Crippen LogP contribution in [0.3, 0.4) is 0 Å². The molecular formula is C30H34N2O8. The quantitative estimate of drug-likeness (QED) is 0.193. The number of Topliss-reactive ketones (excluding diaryl/α,β-unsaturated/α-hetero) is 1. The minimum atomic E-state index is -1.33. The van der Waals surface area contributed by atoms with Crippen LogP contribution < -0.4 is 21.0 Å². The lowest BCUT2D eigenvalue weighted by molar-refractivity contribution is -0.141. The number of carboxylic acids is 1. The van der Waals surface area contributed by atoms with E-state index in [1.54, 1.807) is 26.0 Å². The Labute approximate surface area is 231 Å². The van der Waals surface area contributed by atoms with Crippen LogP contribution in [-0.2, 0) is 25.6 Å². The van der Waals surface area contributed by atoms with Crippen molar-refractivity contribution in [3.63, 3.8) is 0 Å². The van der Waals surface area contributed by atoms with Crippen molar-refractivity contribution in [1.29, 1.82) is 0 Å². The van der Waals surface area contributed by atoms with E-state index in [0.29, 0.717) is 23.3 Å². The molecule has 0 spiro atoms. The molecule has 0 saturated heterocycles. The summed E-state index contributed by atoms with van der Waals surface area (Å²) < 4.78 is 10.6. The van der Waals surface area contributed by atoms with E-state index in [4.69, 9.17) is 9.15 Å². The van der Waals surface area contributed by atoms with Gasteiger partial charge < -0.3 is 24.9 Å². The summed E-state index contributed by atoms with van der Waals surface area (Å²) in [6, 6.07) is 16.0. The number of rotatable bonds is 15. The molecule has 40 heavy (non-hydrogen) atoms. The van der Waals surface area contributed by atoms with E-state index in [1.807, 2.05) is 30.3 Å². The Bertz CT molecular complexity index is 1380. The van der Waals surface area contributed by atoms with Crippen LogP contribution in [0.5, 0.6) is 5.75 Å². The maximum absolute atomic E-state index is 13.1. The number of aryl methyl sites for hydroxylation is 1. The van der Waals surface area contributed by atoms with E-state index in [-0.39, 0.29) is 18.2 Å². The molecule has 212 valence electrons. The SMILES string of the molecule is CC(C)C(CC(=O)NCCCc1ccccc1)C(=O)NC(CC(=O)O)C(=O)COc1ccc2oc(=O)ccc2c1. The van der Waals surface area contributed by atoms with Gasteiger partial charge in [0, 0.05) is 30.3 Å². The molecule has 0 fully saturated rings. The molecule has 0 radical (unpaired) electrons. The van der Waals surface area contributed by atoms with Crippen LogP contribution in [0.1, 0.15) is 38.7 Å². The Balaban J connectivity index is 1.55. The number of amides is 2. The third-order valence-corrected chi connectivity index (χ3v) is 6.41. The van der Waals surface area contributed by atoms with Gasteiger partial charge in [-0.1, -0.05) is 44.2 Å². The largest absolute Gasteiger partial charge is 0.486 e. The van der Waals surface area contributed by atoms with Gasteiger partial charge in [-0.15, -0.1) is 0 Å². The molecule has 3 rings (SSSR count). The summed E-state index contributed by atoms with van der Waals surface area (Å²) in [7, 11) is 0. The van der Waals surface area contributed by atoms with Crippen LogP contribution in [0.2, 0.25) is 0 Å². The second-order valence-electron chi connectivity index (χ2n) is 9.86. The molecule has 2 amide bonds. The van der Waals surface area contributed by atoms with E-state index in [1.165, 1.54) is 23.8 Å². The first-order valence-electron chi connectivity index (χ1n) is 13.1. The summed E-state index contributed by atoms with van der Waals surface area (Å²) >= 11 is 0. The molecule has 1 heterocycles. The lowest BCUT2D eigenvalue weighted by atomic mass is 9.90. The van der Waals surface area contributed by atoms with Crippen LogP contribution in [0.25, 0.3) is 11.0 Å². The lowest BCUT2D eigenvalue weighted by Crippen LogP contribution is -2.48. The van der Waals surface area contributed by atoms with Crippen molar-refractivity contribution < 1.29 is 33.4 Å². The van der Waals surface area contributed by atoms with Crippen molar-refractivity contribution in [3.05, 3.63) is 76.6 Å². The van der Waals surface area contributed by atoms with E-state index >= 15 is 0 Å². The maximum atomic E-state index is 13.1. The summed E-state index contributed by atoms with van der Waals surface area (Å²) in [5.41, 5.74) is 1.02. The number of aliphatic carboxylic acids is 1. The Morgan fingerprint density at radius 2 is 1.73 bits per heavy atom. The Hall–Kier alpha value is -4.47. The molecule has 0 bridgehead atoms. The molecule has 0 aliphatic rings. The van der Waals surface area contributed by atoms with Crippen molar-refractivity contribution in [2.75, 3.05) is 13.2 Å². The van der Waals surface area contributed by atoms with Crippen LogP contribution in [0.4, 0.5) is 0 Å². The van der Waals surface area contributed by atoms with Crippen molar-refractivity contribution in [2.45, 2.75) is 45.6 Å². The maximum Gasteiger partial charge on any atom is 0.336 e. The second kappa shape index (κ2) is 14.6. The lowest BCUT2D eigenvalue weighted by Gasteiger charge is -2.23. The molecule has 3 aromatic rings. The zero-order valence-corrected chi connectivity index (χ0v) is 22.6. The van der Waals surface area contributed by atoms with Crippen LogP contribution in [0.15, 0.2) is 69.9 Å². The summed E-state index contributed by atoms with van der Waals surface area (Å²) in [6.45, 7) is 3.53. The van der Waals surface area contributed by atoms with Gasteiger partial charge >= 0.3 is 11.6 Å². The van der Waals surface area contributed by atoms with Gasteiger partial charge in [-0.3, -0.25) is 19.2 Å². The molecule has 10 heteroatoms. The normalized spacial score (nSPS) is 12.5. The van der Waals surface area contributed by atoms with E-state index in [2.05, 4.69) is 10.6 Å². The summed E-state index contributed by atoms with van der Waals surface area (Å²) in [5.74, 6) is -3.45. The van der Waals surface area contributed by atoms with Crippen LogP contribution in [0, 0.1) is 11.8 Å². The zero-order valence-electron chi connectivity index (χ0n) is 22.6. The molecule has 2 aromatic carbocycles. The average Bonchev–Trinajstić information content (AvgIpc) is 2.92. The van der Waals surface area contributed by atoms with Crippen molar-refractivity contribution >= 4 is 34.5 Å². The number of carboxylic acid groups (broad SMARTS) is 1. The first-order chi connectivity index (χ1) is 19.1. The first-order valence-corrected chi connectivity index (χ1v) is 13.1. The number of carbonyl (C=O) groups is 4. The van der Waals surface area contributed by atoms with Gasteiger partial charge in [0.15, 0.2) is 5.78 Å². The number of carbonyl (C=O) groups excluding carboxylic acids is 3. The fraction of sp³-hybridized carbons (Fsp3) is 0.367. The highest BCUT2D eigenvalue weighted by molar-refractivity contribution is 5.94. The first kappa shape index (κ1) is 30.1. The van der Waals surface area contributed by atoms with Gasteiger partial charge in [0.05, 0.1) is 6.42 Å². The highest BCUT2D eigenvalue weighted by atomic mass is 16.5. The highest BCUT2D eigenvalue weighted by Gasteiger charge is 2.30. The third-order valence-electron chi connectivity index (χ3n) is 6.41. The van der Waals surface area contributed by atoms with Crippen LogP contribution in [-0.4, -0.2) is 47.9 Å². The topological polar surface area (TPSA) is 152 Å². The molecule has 3 N–H and O–H groups in total. The Morgan fingerprint density at radius 1 is 0.975 bits per heavy atom. The number of benzene rings is 2. The second-order valence-corrected chi connectivity index (χ2v) is 9.86. The minimum absolute atomic E-state index is 0.0907. The van der Waals surface area contributed by atoms with Crippen molar-refractivity contribution in [1.82, 2.24) is 10.6 Å². The van der Waals surface area contributed by atoms with Crippen molar-refractivity contribution in [3.8, 4) is 5.75 Å². The summed E-state index contributed by atoms with van der Waals surface area (Å²) in [6.07, 6.45) is 0.834. The van der Waals surface area contributed by atoms with Gasteiger partial charge in [0.1, 0.15) is 24.0 Å². The molecule has 2 unspecified atom stereocenters. The highest BCUT2D eigenvalue weighted by Crippen LogP contribution is 2.20. The molecular weight excluding hydrogens is 516 g/mol. The molecule has 0 saturated carbocycles. The van der Waals surface area contributed by atoms with Gasteiger partial charge in [-0.2, -0.15) is 0 Å². The number of ketones is 1. The number of fused-ring (bicyclic) bond motifs is 1. The monoisotopic (exact) mass is 550 g/mol. The fourth-order valence-electron chi connectivity index (χ4n) is 4.16. The smallest absolute Gasteiger partial charge is 0.336 e. The predicted octanol–water partition coefficient (Wildman–Crippen LogP) is 3.11. The molecule has 10 nitrogen and oxygen atoms in total. The number of nitrogens with one attached hydrogen (secondary N) is 2. The van der Waals surface area contributed by atoms with Crippen LogP contribution >= 0.6 is 0 Å². The van der Waals surface area contributed by atoms with Gasteiger partial charge in [-0.05, 0) is 48.6 Å². The Kier molecular flexibility index (Phi) is 11.0. The average molecular weight is 551 g/mol. The Morgan fingerprint density at radius 3 is 2.42 bits per heavy atom. The number of hydrogen-bond acceptors (Lipinski definition) is 7. The summed E-state index contributed by atoms with van der Waals surface area (Å²) in [4.78, 5) is 61.2. The fourth-order valence-corrected chi connectivity index (χ4v) is 4.16. The standard InChI is InChI=1S/C30H34N2O8/c1-19(2)23(16-27(34)31-14-6-9-20-7-4-3-5-8-20)30(38)32-24(17-28(35)36)25(33)18-39-22-11-12-26-21(15-22)10-13-29(37)40-26/h3-5,7-8,10-13,15,19,23-24H,6,9,14,16-18H2,1-2H3,(H,31,34)(H,32,38)(H,35,36). The molecule has 0 aliphatic heterocycles. The molecule has 0 aliphatic carbocycles. The molecule has 2 atom stereocenters. The number of hydrogen-bond donors (Lipinski definition) is 3.